The van der Waals surface area contributed by atoms with Gasteiger partial charge < -0.3 is 14.6 Å². The Balaban J connectivity index is 1.40. The first kappa shape index (κ1) is 17.6. The highest BCUT2D eigenvalue weighted by Crippen LogP contribution is 2.23. The number of oxazole rings is 1. The summed E-state index contributed by atoms with van der Waals surface area (Å²) in [7, 11) is -2.88. The highest BCUT2D eigenvalue weighted by molar-refractivity contribution is 7.91. The van der Waals surface area contributed by atoms with Crippen LogP contribution in [0.25, 0.3) is 11.5 Å². The number of sulfone groups is 1. The summed E-state index contributed by atoms with van der Waals surface area (Å²) in [6.45, 7) is 1.62. The lowest BCUT2D eigenvalue weighted by atomic mass is 10.2. The van der Waals surface area contributed by atoms with E-state index in [2.05, 4.69) is 15.2 Å². The van der Waals surface area contributed by atoms with E-state index in [0.717, 1.165) is 22.6 Å². The second-order valence-electron chi connectivity index (χ2n) is 6.55. The molecule has 7 heteroatoms. The third-order valence-electron chi connectivity index (χ3n) is 4.60. The lowest BCUT2D eigenvalue weighted by Gasteiger charge is -2.29. The Morgan fingerprint density at radius 2 is 1.81 bits per heavy atom. The zero-order valence-corrected chi connectivity index (χ0v) is 15.7. The summed E-state index contributed by atoms with van der Waals surface area (Å²) >= 11 is 0. The molecule has 2 aromatic carbocycles. The van der Waals surface area contributed by atoms with Crippen molar-refractivity contribution in [3.05, 3.63) is 66.6 Å². The van der Waals surface area contributed by atoms with Crippen molar-refractivity contribution in [1.82, 2.24) is 4.98 Å². The van der Waals surface area contributed by atoms with E-state index in [4.69, 9.17) is 4.42 Å². The van der Waals surface area contributed by atoms with Crippen LogP contribution in [0.2, 0.25) is 0 Å². The van der Waals surface area contributed by atoms with E-state index in [9.17, 15) is 8.42 Å². The highest BCUT2D eigenvalue weighted by Gasteiger charge is 2.21. The molecule has 27 heavy (non-hydrogen) atoms. The van der Waals surface area contributed by atoms with Crippen molar-refractivity contribution in [3.8, 4) is 11.5 Å². The van der Waals surface area contributed by atoms with Crippen LogP contribution in [0.5, 0.6) is 0 Å². The van der Waals surface area contributed by atoms with Gasteiger partial charge in [0, 0.05) is 30.0 Å². The molecule has 0 amide bonds. The molecule has 1 fully saturated rings. The summed E-state index contributed by atoms with van der Waals surface area (Å²) in [5.41, 5.74) is 3.76. The van der Waals surface area contributed by atoms with Crippen LogP contribution in [0.15, 0.2) is 65.3 Å². The number of benzene rings is 2. The van der Waals surface area contributed by atoms with Gasteiger partial charge in [-0.05, 0) is 30.3 Å². The molecule has 0 bridgehead atoms. The Labute approximate surface area is 158 Å². The van der Waals surface area contributed by atoms with Crippen molar-refractivity contribution in [2.45, 2.75) is 6.54 Å². The standard InChI is InChI=1S/C20H21N3O3S/c24-27(25)11-9-23(10-12-27)19-8-4-7-17(13-19)21-14-18-15-26-20(22-18)16-5-2-1-3-6-16/h1-8,13,15,21H,9-12,14H2. The summed E-state index contributed by atoms with van der Waals surface area (Å²) in [6, 6.07) is 17.8. The number of rotatable bonds is 5. The summed E-state index contributed by atoms with van der Waals surface area (Å²) in [5, 5.41) is 3.35. The summed E-state index contributed by atoms with van der Waals surface area (Å²) < 4.78 is 28.8. The van der Waals surface area contributed by atoms with Crippen molar-refractivity contribution in [1.29, 1.82) is 0 Å². The smallest absolute Gasteiger partial charge is 0.226 e. The van der Waals surface area contributed by atoms with Gasteiger partial charge in [-0.15, -0.1) is 0 Å². The molecule has 1 aliphatic heterocycles. The third kappa shape index (κ3) is 4.31. The maximum absolute atomic E-state index is 11.6. The first-order chi connectivity index (χ1) is 13.1. The quantitative estimate of drug-likeness (QED) is 0.729. The minimum atomic E-state index is -2.88. The summed E-state index contributed by atoms with van der Waals surface area (Å²) in [4.78, 5) is 6.62. The van der Waals surface area contributed by atoms with Crippen molar-refractivity contribution in [3.63, 3.8) is 0 Å². The Bertz CT molecular complexity index is 1000. The molecule has 3 aromatic rings. The molecule has 0 unspecified atom stereocenters. The third-order valence-corrected chi connectivity index (χ3v) is 6.21. The van der Waals surface area contributed by atoms with Crippen LogP contribution in [-0.4, -0.2) is 38.0 Å². The Kier molecular flexibility index (Phi) is 4.85. The predicted molar refractivity (Wildman–Crippen MR) is 107 cm³/mol. The summed E-state index contributed by atoms with van der Waals surface area (Å²) in [6.07, 6.45) is 1.66. The topological polar surface area (TPSA) is 75.4 Å². The molecule has 0 spiro atoms. The Hall–Kier alpha value is -2.80. The van der Waals surface area contributed by atoms with E-state index in [-0.39, 0.29) is 11.5 Å². The molecule has 1 aromatic heterocycles. The first-order valence-electron chi connectivity index (χ1n) is 8.88. The molecule has 1 aliphatic rings. The zero-order chi connectivity index (χ0) is 18.7. The average molecular weight is 383 g/mol. The molecule has 2 heterocycles. The fourth-order valence-electron chi connectivity index (χ4n) is 3.08. The van der Waals surface area contributed by atoms with Gasteiger partial charge in [-0.2, -0.15) is 0 Å². The molecular weight excluding hydrogens is 362 g/mol. The van der Waals surface area contributed by atoms with Gasteiger partial charge in [0.2, 0.25) is 5.89 Å². The van der Waals surface area contributed by atoms with Crippen LogP contribution in [-0.2, 0) is 16.4 Å². The van der Waals surface area contributed by atoms with E-state index >= 15 is 0 Å². The zero-order valence-electron chi connectivity index (χ0n) is 14.8. The second-order valence-corrected chi connectivity index (χ2v) is 8.86. The first-order valence-corrected chi connectivity index (χ1v) is 10.7. The minimum absolute atomic E-state index is 0.214. The van der Waals surface area contributed by atoms with Gasteiger partial charge in [0.1, 0.15) is 6.26 Å². The fraction of sp³-hybridized carbons (Fsp3) is 0.250. The number of hydrogen-bond donors (Lipinski definition) is 1. The maximum atomic E-state index is 11.6. The molecule has 1 saturated heterocycles. The maximum Gasteiger partial charge on any atom is 0.226 e. The number of anilines is 2. The average Bonchev–Trinajstić information content (AvgIpc) is 3.16. The van der Waals surface area contributed by atoms with Gasteiger partial charge in [0.15, 0.2) is 9.84 Å². The van der Waals surface area contributed by atoms with Gasteiger partial charge in [-0.25, -0.2) is 13.4 Å². The molecule has 4 rings (SSSR count). The fourth-order valence-corrected chi connectivity index (χ4v) is 4.28. The van der Waals surface area contributed by atoms with Crippen molar-refractivity contribution >= 4 is 21.2 Å². The van der Waals surface area contributed by atoms with E-state index < -0.39 is 9.84 Å². The van der Waals surface area contributed by atoms with Crippen molar-refractivity contribution in [2.75, 3.05) is 34.8 Å². The van der Waals surface area contributed by atoms with Crippen LogP contribution < -0.4 is 10.2 Å². The molecule has 140 valence electrons. The number of nitrogens with zero attached hydrogens (tertiary/aromatic N) is 2. The monoisotopic (exact) mass is 383 g/mol. The molecule has 0 atom stereocenters. The molecule has 1 N–H and O–H groups in total. The second kappa shape index (κ2) is 7.44. The Morgan fingerprint density at radius 3 is 2.59 bits per heavy atom. The minimum Gasteiger partial charge on any atom is -0.444 e. The van der Waals surface area contributed by atoms with Crippen LogP contribution in [0.4, 0.5) is 11.4 Å². The molecule has 0 radical (unpaired) electrons. The largest absolute Gasteiger partial charge is 0.444 e. The molecule has 6 nitrogen and oxygen atoms in total. The van der Waals surface area contributed by atoms with Gasteiger partial charge in [0.25, 0.3) is 0 Å². The van der Waals surface area contributed by atoms with Crippen LogP contribution in [0, 0.1) is 0 Å². The number of aromatic nitrogens is 1. The SMILES string of the molecule is O=S1(=O)CCN(c2cccc(NCc3coc(-c4ccccc4)n3)c2)CC1. The molecule has 0 aliphatic carbocycles. The van der Waals surface area contributed by atoms with Crippen LogP contribution in [0.1, 0.15) is 5.69 Å². The molecular formula is C20H21N3O3S. The van der Waals surface area contributed by atoms with E-state index in [0.29, 0.717) is 25.5 Å². The van der Waals surface area contributed by atoms with Gasteiger partial charge >= 0.3 is 0 Å². The van der Waals surface area contributed by atoms with Crippen LogP contribution >= 0.6 is 0 Å². The van der Waals surface area contributed by atoms with Crippen molar-refractivity contribution < 1.29 is 12.8 Å². The number of nitrogens with one attached hydrogen (secondary N) is 1. The van der Waals surface area contributed by atoms with Gasteiger partial charge in [-0.3, -0.25) is 0 Å². The van der Waals surface area contributed by atoms with Crippen LogP contribution in [0.3, 0.4) is 0 Å². The number of hydrogen-bond acceptors (Lipinski definition) is 6. The lowest BCUT2D eigenvalue weighted by Crippen LogP contribution is -2.40. The normalized spacial score (nSPS) is 16.2. The van der Waals surface area contributed by atoms with E-state index in [1.807, 2.05) is 54.6 Å². The van der Waals surface area contributed by atoms with E-state index in [1.165, 1.54) is 0 Å². The predicted octanol–water partition coefficient (Wildman–Crippen LogP) is 3.19. The highest BCUT2D eigenvalue weighted by atomic mass is 32.2. The van der Waals surface area contributed by atoms with Gasteiger partial charge in [0.05, 0.1) is 23.7 Å². The summed E-state index contributed by atoms with van der Waals surface area (Å²) in [5.74, 6) is 1.04. The Morgan fingerprint density at radius 1 is 1.04 bits per heavy atom. The van der Waals surface area contributed by atoms with Crippen molar-refractivity contribution in [2.24, 2.45) is 0 Å². The molecule has 0 saturated carbocycles. The van der Waals surface area contributed by atoms with Gasteiger partial charge in [-0.1, -0.05) is 24.3 Å². The lowest BCUT2D eigenvalue weighted by molar-refractivity contribution is 0.573. The van der Waals surface area contributed by atoms with E-state index in [1.54, 1.807) is 6.26 Å².